The third kappa shape index (κ3) is 5.23. The van der Waals surface area contributed by atoms with Crippen LogP contribution < -0.4 is 5.32 Å². The second kappa shape index (κ2) is 9.07. The first-order valence-corrected chi connectivity index (χ1v) is 7.66. The number of esters is 1. The molecule has 1 amide bonds. The lowest BCUT2D eigenvalue weighted by Crippen LogP contribution is -2.28. The number of carbonyl (C=O) groups is 3. The first-order valence-electron chi connectivity index (χ1n) is 7.66. The first-order chi connectivity index (χ1) is 12.5. The number of ether oxygens (including phenoxy) is 1. The molecule has 0 radical (unpaired) electrons. The monoisotopic (exact) mass is 358 g/mol. The lowest BCUT2D eigenvalue weighted by molar-refractivity contribution is -0.140. The Morgan fingerprint density at radius 1 is 1.19 bits per heavy atom. The molecule has 8 heteroatoms. The molecule has 26 heavy (non-hydrogen) atoms. The lowest BCUT2D eigenvalue weighted by atomic mass is 10.1. The molecule has 136 valence electrons. The van der Waals surface area contributed by atoms with Crippen molar-refractivity contribution >= 4 is 28.7 Å². The molecule has 3 aromatic rings. The molecule has 2 aromatic heterocycles. The molecule has 2 heterocycles. The van der Waals surface area contributed by atoms with Crippen LogP contribution in [0.5, 0.6) is 0 Å². The van der Waals surface area contributed by atoms with Crippen molar-refractivity contribution in [3.05, 3.63) is 60.2 Å². The van der Waals surface area contributed by atoms with Crippen molar-refractivity contribution in [1.82, 2.24) is 10.3 Å². The van der Waals surface area contributed by atoms with Gasteiger partial charge in [0.2, 0.25) is 0 Å². The third-order valence-corrected chi connectivity index (χ3v) is 3.38. The maximum Gasteiger partial charge on any atom is 0.322 e. The Labute approximate surface area is 148 Å². The van der Waals surface area contributed by atoms with Crippen LogP contribution in [-0.2, 0) is 20.7 Å². The molecule has 0 bridgehead atoms. The van der Waals surface area contributed by atoms with Crippen LogP contribution in [0.3, 0.4) is 0 Å². The normalized spacial score (nSPS) is 9.88. The highest BCUT2D eigenvalue weighted by Gasteiger charge is 2.08. The smallest absolute Gasteiger partial charge is 0.322 e. The number of carboxylic acid groups (broad SMARTS) is 1. The van der Waals surface area contributed by atoms with E-state index in [0.29, 0.717) is 6.42 Å². The van der Waals surface area contributed by atoms with Crippen LogP contribution in [-0.4, -0.2) is 41.6 Å². The van der Waals surface area contributed by atoms with Crippen molar-refractivity contribution in [3.8, 4) is 0 Å². The third-order valence-electron chi connectivity index (χ3n) is 3.38. The summed E-state index contributed by atoms with van der Waals surface area (Å²) in [7, 11) is 1.40. The zero-order valence-electron chi connectivity index (χ0n) is 14.0. The van der Waals surface area contributed by atoms with Gasteiger partial charge in [-0.25, -0.2) is 0 Å². The Hall–Kier alpha value is -3.55. The fraction of sp³-hybridized carbons (Fsp3) is 0.167. The molecule has 0 aliphatic carbocycles. The Morgan fingerprint density at radius 3 is 2.62 bits per heavy atom. The molecule has 1 aromatic carbocycles. The van der Waals surface area contributed by atoms with Crippen molar-refractivity contribution in [2.45, 2.75) is 6.42 Å². The number of carbonyl (C=O) groups excluding carboxylic acids is 2. The topological polar surface area (TPSA) is 122 Å². The summed E-state index contributed by atoms with van der Waals surface area (Å²) in [6, 6.07) is 10.9. The van der Waals surface area contributed by atoms with Crippen molar-refractivity contribution < 1.29 is 28.6 Å². The van der Waals surface area contributed by atoms with E-state index < -0.39 is 18.4 Å². The van der Waals surface area contributed by atoms with E-state index in [9.17, 15) is 14.4 Å². The second-order valence-electron chi connectivity index (χ2n) is 5.17. The number of aromatic nitrogens is 1. The highest BCUT2D eigenvalue weighted by Crippen LogP contribution is 2.18. The average Bonchev–Trinajstić information content (AvgIpc) is 3.31. The fourth-order valence-corrected chi connectivity index (χ4v) is 2.16. The van der Waals surface area contributed by atoms with Crippen molar-refractivity contribution in [2.24, 2.45) is 0 Å². The fourth-order valence-electron chi connectivity index (χ4n) is 2.16. The molecule has 0 spiro atoms. The largest absolute Gasteiger partial charge is 0.480 e. The van der Waals surface area contributed by atoms with Crippen LogP contribution in [0, 0.1) is 0 Å². The number of hydrogen-bond acceptors (Lipinski definition) is 5. The number of benzene rings is 1. The van der Waals surface area contributed by atoms with Gasteiger partial charge in [-0.1, -0.05) is 18.2 Å². The SMILES string of the molecule is COC(=O)Cc1c[nH]c2ccccc12.O=C(O)CNC(=O)c1ccco1. The van der Waals surface area contributed by atoms with Crippen LogP contribution in [0.25, 0.3) is 10.9 Å². The van der Waals surface area contributed by atoms with E-state index >= 15 is 0 Å². The Kier molecular flexibility index (Phi) is 6.55. The van der Waals surface area contributed by atoms with E-state index in [1.54, 1.807) is 6.07 Å². The number of furan rings is 1. The van der Waals surface area contributed by atoms with Gasteiger partial charge in [-0.05, 0) is 23.8 Å². The average molecular weight is 358 g/mol. The molecule has 0 unspecified atom stereocenters. The van der Waals surface area contributed by atoms with Gasteiger partial charge in [0.15, 0.2) is 5.76 Å². The molecule has 0 atom stereocenters. The quantitative estimate of drug-likeness (QED) is 0.600. The zero-order chi connectivity index (χ0) is 18.9. The van der Waals surface area contributed by atoms with Gasteiger partial charge in [-0.15, -0.1) is 0 Å². The van der Waals surface area contributed by atoms with Gasteiger partial charge in [0, 0.05) is 17.1 Å². The van der Waals surface area contributed by atoms with Crippen LogP contribution in [0.4, 0.5) is 0 Å². The molecular weight excluding hydrogens is 340 g/mol. The number of H-pyrrole nitrogens is 1. The molecule has 8 nitrogen and oxygen atoms in total. The van der Waals surface area contributed by atoms with Crippen LogP contribution in [0.15, 0.2) is 53.3 Å². The van der Waals surface area contributed by atoms with Crippen LogP contribution in [0.1, 0.15) is 16.1 Å². The highest BCUT2D eigenvalue weighted by atomic mass is 16.5. The van der Waals surface area contributed by atoms with Crippen molar-refractivity contribution in [3.63, 3.8) is 0 Å². The lowest BCUT2D eigenvalue weighted by Gasteiger charge is -1.97. The predicted octanol–water partition coefficient (Wildman–Crippen LogP) is 1.98. The molecule has 3 rings (SSSR count). The summed E-state index contributed by atoms with van der Waals surface area (Å²) in [5.41, 5.74) is 2.03. The molecule has 0 fully saturated rings. The van der Waals surface area contributed by atoms with E-state index in [4.69, 9.17) is 9.52 Å². The minimum Gasteiger partial charge on any atom is -0.480 e. The molecular formula is C18H18N2O6. The van der Waals surface area contributed by atoms with Gasteiger partial charge in [-0.2, -0.15) is 0 Å². The number of aliphatic carboxylic acids is 1. The van der Waals surface area contributed by atoms with Gasteiger partial charge in [-0.3, -0.25) is 14.4 Å². The van der Waals surface area contributed by atoms with E-state index in [1.165, 1.54) is 19.4 Å². The van der Waals surface area contributed by atoms with E-state index in [-0.39, 0.29) is 11.7 Å². The Morgan fingerprint density at radius 2 is 1.96 bits per heavy atom. The Balaban J connectivity index is 0.000000190. The van der Waals surface area contributed by atoms with Gasteiger partial charge in [0.05, 0.1) is 19.8 Å². The molecule has 0 saturated carbocycles. The summed E-state index contributed by atoms with van der Waals surface area (Å²) in [6.45, 7) is -0.403. The van der Waals surface area contributed by atoms with Crippen LogP contribution >= 0.6 is 0 Å². The summed E-state index contributed by atoms with van der Waals surface area (Å²) in [6.07, 6.45) is 3.51. The number of nitrogens with one attached hydrogen (secondary N) is 2. The number of carboxylic acids is 1. The summed E-state index contributed by atoms with van der Waals surface area (Å²) < 4.78 is 9.34. The van der Waals surface area contributed by atoms with Crippen molar-refractivity contribution in [2.75, 3.05) is 13.7 Å². The predicted molar refractivity (Wildman–Crippen MR) is 92.7 cm³/mol. The van der Waals surface area contributed by atoms with E-state index in [1.807, 2.05) is 30.5 Å². The van der Waals surface area contributed by atoms with Crippen LogP contribution in [0.2, 0.25) is 0 Å². The summed E-state index contributed by atoms with van der Waals surface area (Å²) >= 11 is 0. The highest BCUT2D eigenvalue weighted by molar-refractivity contribution is 5.93. The minimum absolute atomic E-state index is 0.108. The number of hydrogen-bond donors (Lipinski definition) is 3. The van der Waals surface area contributed by atoms with Gasteiger partial charge < -0.3 is 24.6 Å². The molecule has 0 saturated heterocycles. The summed E-state index contributed by atoms with van der Waals surface area (Å²) in [5, 5.41) is 11.4. The van der Waals surface area contributed by atoms with E-state index in [2.05, 4.69) is 15.0 Å². The van der Waals surface area contributed by atoms with Gasteiger partial charge >= 0.3 is 11.9 Å². The van der Waals surface area contributed by atoms with E-state index in [0.717, 1.165) is 16.5 Å². The maximum absolute atomic E-state index is 11.1. The van der Waals surface area contributed by atoms with Crippen molar-refractivity contribution in [1.29, 1.82) is 0 Å². The second-order valence-corrected chi connectivity index (χ2v) is 5.17. The summed E-state index contributed by atoms with van der Waals surface area (Å²) in [5.74, 6) is -1.72. The minimum atomic E-state index is -1.09. The number of aromatic amines is 1. The van der Waals surface area contributed by atoms with Gasteiger partial charge in [0.1, 0.15) is 6.54 Å². The number of methoxy groups -OCH3 is 1. The maximum atomic E-state index is 11.1. The first kappa shape index (κ1) is 18.8. The molecule has 3 N–H and O–H groups in total. The molecule has 0 aliphatic heterocycles. The number of fused-ring (bicyclic) bond motifs is 1. The zero-order valence-corrected chi connectivity index (χ0v) is 14.0. The number of rotatable bonds is 5. The van der Waals surface area contributed by atoms with Gasteiger partial charge in [0.25, 0.3) is 5.91 Å². The number of amides is 1. The molecule has 0 aliphatic rings. The standard InChI is InChI=1S/C11H11NO2.C7H7NO4/c1-14-11(13)6-8-7-12-10-5-3-2-4-9(8)10;9-6(10)4-8-7(11)5-2-1-3-12-5/h2-5,7,12H,6H2,1H3;1-3H,4H2,(H,8,11)(H,9,10). The number of para-hydroxylation sites is 1. The summed E-state index contributed by atoms with van der Waals surface area (Å²) in [4.78, 5) is 35.2. The Bertz CT molecular complexity index is 882.